The molecule has 0 saturated heterocycles. The maximum Gasteiger partial charge on any atom is 0.152 e. The molecule has 0 radical (unpaired) electrons. The molecule has 0 spiro atoms. The number of phenolic OH excluding ortho intramolecular Hbond substituents is 2. The molecular formula is C19H24O6S2. The molecule has 0 aliphatic rings. The first-order valence-electron chi connectivity index (χ1n) is 8.33. The maximum atomic E-state index is 9.26. The second-order valence-corrected chi connectivity index (χ2v) is 8.20. The van der Waals surface area contributed by atoms with Gasteiger partial charge in [0.2, 0.25) is 0 Å². The van der Waals surface area contributed by atoms with E-state index in [9.17, 15) is 10.2 Å². The van der Waals surface area contributed by atoms with Crippen LogP contribution in [0.25, 0.3) is 0 Å². The molecule has 0 amide bonds. The van der Waals surface area contributed by atoms with E-state index < -0.39 is 0 Å². The Morgan fingerprint density at radius 3 is 1.41 bits per heavy atom. The third-order valence-corrected chi connectivity index (χ3v) is 5.24. The lowest BCUT2D eigenvalue weighted by Gasteiger charge is -2.14. The Morgan fingerprint density at radius 1 is 0.667 bits per heavy atom. The summed E-state index contributed by atoms with van der Waals surface area (Å²) in [6.07, 6.45) is 0. The summed E-state index contributed by atoms with van der Waals surface area (Å²) in [6, 6.07) is 13.9. The molecule has 27 heavy (non-hydrogen) atoms. The molecular weight excluding hydrogens is 388 g/mol. The van der Waals surface area contributed by atoms with Gasteiger partial charge in [0, 0.05) is 9.79 Å². The van der Waals surface area contributed by atoms with Gasteiger partial charge in [-0.05, 0) is 62.4 Å². The molecule has 2 N–H and O–H groups in total. The summed E-state index contributed by atoms with van der Waals surface area (Å²) in [5.74, 6) is 0.484. The van der Waals surface area contributed by atoms with Crippen LogP contribution in [0.2, 0.25) is 0 Å². The van der Waals surface area contributed by atoms with E-state index in [1.54, 1.807) is 24.3 Å². The molecule has 0 saturated carbocycles. The molecule has 2 rings (SSSR count). The summed E-state index contributed by atoms with van der Waals surface area (Å²) >= 11 is 3.06. The van der Waals surface area contributed by atoms with Crippen molar-refractivity contribution < 1.29 is 29.2 Å². The maximum absolute atomic E-state index is 9.26. The van der Waals surface area contributed by atoms with E-state index in [0.717, 1.165) is 9.79 Å². The Hall–Kier alpha value is -1.42. The van der Waals surface area contributed by atoms with E-state index in [-0.39, 0.29) is 42.7 Å². The minimum Gasteiger partial charge on any atom is -0.508 e. The Balaban J connectivity index is 1.48. The number of thioether (sulfide) groups is 2. The number of aromatic hydroxyl groups is 2. The fraction of sp³-hybridized carbons (Fsp3) is 0.368. The first kappa shape index (κ1) is 21.9. The summed E-state index contributed by atoms with van der Waals surface area (Å²) < 4.78 is 21.6. The van der Waals surface area contributed by atoms with E-state index in [4.69, 9.17) is 18.9 Å². The molecule has 148 valence electrons. The van der Waals surface area contributed by atoms with Crippen LogP contribution in [0.1, 0.15) is 13.8 Å². The Labute approximate surface area is 167 Å². The van der Waals surface area contributed by atoms with E-state index in [1.807, 2.05) is 38.1 Å². The monoisotopic (exact) mass is 412 g/mol. The van der Waals surface area contributed by atoms with Crippen LogP contribution in [0.4, 0.5) is 0 Å². The molecule has 2 atom stereocenters. The average Bonchev–Trinajstić information content (AvgIpc) is 2.65. The zero-order chi connectivity index (χ0) is 19.5. The second-order valence-electron chi connectivity index (χ2n) is 5.45. The third-order valence-electron chi connectivity index (χ3n) is 3.22. The van der Waals surface area contributed by atoms with Gasteiger partial charge >= 0.3 is 0 Å². The summed E-state index contributed by atoms with van der Waals surface area (Å²) in [6.45, 7) is 4.15. The molecule has 2 unspecified atom stereocenters. The predicted molar refractivity (Wildman–Crippen MR) is 106 cm³/mol. The highest BCUT2D eigenvalue weighted by Gasteiger charge is 2.06. The van der Waals surface area contributed by atoms with Gasteiger partial charge in [0.05, 0.1) is 0 Å². The smallest absolute Gasteiger partial charge is 0.152 e. The standard InChI is InChI=1S/C19H24O6S2/c1-14(26-18-7-3-16(20)4-8-18)24-12-22-11-23-13-25-15(2)27-19-9-5-17(21)6-10-19/h3-10,14-15,20-21H,11-13H2,1-2H3. The molecule has 0 aliphatic heterocycles. The van der Waals surface area contributed by atoms with E-state index in [2.05, 4.69) is 0 Å². The van der Waals surface area contributed by atoms with Crippen molar-refractivity contribution in [2.75, 3.05) is 20.4 Å². The molecule has 0 heterocycles. The number of phenols is 2. The van der Waals surface area contributed by atoms with Crippen LogP contribution in [-0.4, -0.2) is 41.5 Å². The average molecular weight is 413 g/mol. The predicted octanol–water partition coefficient (Wildman–Crippen LogP) is 4.61. The van der Waals surface area contributed by atoms with Crippen molar-refractivity contribution in [3.05, 3.63) is 48.5 Å². The van der Waals surface area contributed by atoms with Crippen molar-refractivity contribution in [1.29, 1.82) is 0 Å². The number of benzene rings is 2. The summed E-state index contributed by atoms with van der Waals surface area (Å²) in [7, 11) is 0. The van der Waals surface area contributed by atoms with Crippen molar-refractivity contribution in [1.82, 2.24) is 0 Å². The van der Waals surface area contributed by atoms with Gasteiger partial charge in [0.15, 0.2) is 20.4 Å². The fourth-order valence-electron chi connectivity index (χ4n) is 1.92. The lowest BCUT2D eigenvalue weighted by atomic mass is 10.3. The van der Waals surface area contributed by atoms with Crippen molar-refractivity contribution >= 4 is 23.5 Å². The van der Waals surface area contributed by atoms with Crippen molar-refractivity contribution in [3.63, 3.8) is 0 Å². The van der Waals surface area contributed by atoms with Gasteiger partial charge in [-0.15, -0.1) is 0 Å². The van der Waals surface area contributed by atoms with Crippen LogP contribution in [0, 0.1) is 0 Å². The SMILES string of the molecule is CC(OCOCOCOC(C)Sc1ccc(O)cc1)Sc1ccc(O)cc1. The van der Waals surface area contributed by atoms with Gasteiger partial charge in [0.1, 0.15) is 22.4 Å². The van der Waals surface area contributed by atoms with Crippen LogP contribution in [-0.2, 0) is 18.9 Å². The lowest BCUT2D eigenvalue weighted by molar-refractivity contribution is -0.173. The van der Waals surface area contributed by atoms with Crippen molar-refractivity contribution in [3.8, 4) is 11.5 Å². The Kier molecular flexibility index (Phi) is 9.82. The van der Waals surface area contributed by atoms with Gasteiger partial charge in [0.25, 0.3) is 0 Å². The second kappa shape index (κ2) is 12.1. The molecule has 2 aromatic carbocycles. The topological polar surface area (TPSA) is 77.4 Å². The normalized spacial score (nSPS) is 13.4. The molecule has 0 fully saturated rings. The minimum atomic E-state index is -0.0903. The highest BCUT2D eigenvalue weighted by Crippen LogP contribution is 2.26. The van der Waals surface area contributed by atoms with E-state index >= 15 is 0 Å². The Morgan fingerprint density at radius 2 is 1.04 bits per heavy atom. The number of hydrogen-bond acceptors (Lipinski definition) is 8. The van der Waals surface area contributed by atoms with Gasteiger partial charge in [-0.1, -0.05) is 23.5 Å². The zero-order valence-corrected chi connectivity index (χ0v) is 16.9. The third kappa shape index (κ3) is 9.37. The summed E-state index contributed by atoms with van der Waals surface area (Å²) in [4.78, 5) is 2.01. The largest absolute Gasteiger partial charge is 0.508 e. The van der Waals surface area contributed by atoms with Crippen LogP contribution < -0.4 is 0 Å². The van der Waals surface area contributed by atoms with Crippen LogP contribution >= 0.6 is 23.5 Å². The van der Waals surface area contributed by atoms with Crippen molar-refractivity contribution in [2.24, 2.45) is 0 Å². The first-order valence-corrected chi connectivity index (χ1v) is 10.1. The summed E-state index contributed by atoms with van der Waals surface area (Å²) in [5, 5.41) is 18.5. The molecule has 0 aromatic heterocycles. The molecule has 2 aromatic rings. The molecule has 6 nitrogen and oxygen atoms in total. The molecule has 0 aliphatic carbocycles. The molecule has 8 heteroatoms. The highest BCUT2D eigenvalue weighted by atomic mass is 32.2. The highest BCUT2D eigenvalue weighted by molar-refractivity contribution is 8.00. The fourth-order valence-corrected chi connectivity index (χ4v) is 3.52. The van der Waals surface area contributed by atoms with E-state index in [1.165, 1.54) is 23.5 Å². The van der Waals surface area contributed by atoms with Crippen molar-refractivity contribution in [2.45, 2.75) is 34.5 Å². The van der Waals surface area contributed by atoms with Gasteiger partial charge in [-0.2, -0.15) is 0 Å². The number of hydrogen-bond donors (Lipinski definition) is 2. The number of rotatable bonds is 12. The first-order chi connectivity index (χ1) is 13.0. The number of ether oxygens (including phenoxy) is 4. The van der Waals surface area contributed by atoms with Gasteiger partial charge in [-0.3, -0.25) is 0 Å². The van der Waals surface area contributed by atoms with Crippen LogP contribution in [0.5, 0.6) is 11.5 Å². The quantitative estimate of drug-likeness (QED) is 0.297. The van der Waals surface area contributed by atoms with Gasteiger partial charge < -0.3 is 29.2 Å². The summed E-state index contributed by atoms with van der Waals surface area (Å²) in [5.41, 5.74) is -0.181. The minimum absolute atomic E-state index is 0.0766. The molecule has 0 bridgehead atoms. The van der Waals surface area contributed by atoms with Crippen LogP contribution in [0.3, 0.4) is 0 Å². The lowest BCUT2D eigenvalue weighted by Crippen LogP contribution is -2.12. The van der Waals surface area contributed by atoms with E-state index in [0.29, 0.717) is 0 Å². The Bertz CT molecular complexity index is 593. The van der Waals surface area contributed by atoms with Gasteiger partial charge in [-0.25, -0.2) is 0 Å². The zero-order valence-electron chi connectivity index (χ0n) is 15.2. The van der Waals surface area contributed by atoms with Crippen LogP contribution in [0.15, 0.2) is 58.3 Å².